The lowest BCUT2D eigenvalue weighted by Crippen LogP contribution is -2.49. The van der Waals surface area contributed by atoms with Gasteiger partial charge in [-0.15, -0.1) is 0 Å². The molecule has 0 aliphatic carbocycles. The van der Waals surface area contributed by atoms with Crippen LogP contribution in [-0.4, -0.2) is 43.5 Å². The summed E-state index contributed by atoms with van der Waals surface area (Å²) in [5.41, 5.74) is -0.454. The molecule has 0 saturated carbocycles. The molecule has 0 aromatic rings. The Balaban J connectivity index is 2.17. The van der Waals surface area contributed by atoms with Crippen molar-refractivity contribution in [3.63, 3.8) is 0 Å². The first-order chi connectivity index (χ1) is 7.37. The Morgan fingerprint density at radius 3 is 2.75 bits per heavy atom. The molecule has 0 unspecified atom stereocenters. The normalized spacial score (nSPS) is 26.2. The lowest BCUT2D eigenvalue weighted by molar-refractivity contribution is 0.00458. The van der Waals surface area contributed by atoms with Gasteiger partial charge in [0.1, 0.15) is 5.60 Å². The van der Waals surface area contributed by atoms with Crippen molar-refractivity contribution in [3.05, 3.63) is 0 Å². The third kappa shape index (κ3) is 5.32. The zero-order valence-electron chi connectivity index (χ0n) is 10.5. The van der Waals surface area contributed by atoms with Crippen LogP contribution < -0.4 is 10.6 Å². The van der Waals surface area contributed by atoms with Crippen molar-refractivity contribution in [2.24, 2.45) is 0 Å². The summed E-state index contributed by atoms with van der Waals surface area (Å²) in [5.74, 6) is 0. The van der Waals surface area contributed by atoms with E-state index in [0.717, 1.165) is 6.54 Å². The Hall–Kier alpha value is -0.810. The number of ether oxygens (including phenoxy) is 2. The first kappa shape index (κ1) is 13.3. The highest BCUT2D eigenvalue weighted by molar-refractivity contribution is 5.67. The van der Waals surface area contributed by atoms with Gasteiger partial charge in [-0.1, -0.05) is 0 Å². The Bertz CT molecular complexity index is 230. The van der Waals surface area contributed by atoms with Crippen molar-refractivity contribution >= 4 is 6.09 Å². The van der Waals surface area contributed by atoms with Crippen LogP contribution in [0.4, 0.5) is 4.79 Å². The average molecular weight is 230 g/mol. The summed E-state index contributed by atoms with van der Waals surface area (Å²) < 4.78 is 10.7. The third-order valence-corrected chi connectivity index (χ3v) is 2.15. The lowest BCUT2D eigenvalue weighted by Gasteiger charge is -2.28. The summed E-state index contributed by atoms with van der Waals surface area (Å²) in [6, 6.07) is 0.387. The van der Waals surface area contributed by atoms with Crippen LogP contribution >= 0.6 is 0 Å². The smallest absolute Gasteiger partial charge is 0.407 e. The van der Waals surface area contributed by atoms with E-state index in [1.807, 2.05) is 20.8 Å². The molecule has 94 valence electrons. The van der Waals surface area contributed by atoms with Gasteiger partial charge in [0, 0.05) is 19.1 Å². The molecular weight excluding hydrogens is 208 g/mol. The predicted octanol–water partition coefficient (Wildman–Crippen LogP) is 0.888. The molecule has 5 nitrogen and oxygen atoms in total. The zero-order chi connectivity index (χ0) is 12.2. The number of morpholine rings is 1. The number of rotatable bonds is 2. The SMILES string of the molecule is C[C@H]1CO[C@H](CNC(=O)OC(C)(C)C)CN1. The number of nitrogens with one attached hydrogen (secondary N) is 2. The van der Waals surface area contributed by atoms with E-state index in [0.29, 0.717) is 19.2 Å². The van der Waals surface area contributed by atoms with Crippen molar-refractivity contribution in [2.75, 3.05) is 19.7 Å². The number of carbonyl (C=O) groups is 1. The maximum Gasteiger partial charge on any atom is 0.407 e. The highest BCUT2D eigenvalue weighted by Gasteiger charge is 2.20. The maximum atomic E-state index is 11.4. The number of alkyl carbamates (subject to hydrolysis) is 1. The second kappa shape index (κ2) is 5.50. The van der Waals surface area contributed by atoms with Crippen molar-refractivity contribution in [3.8, 4) is 0 Å². The topological polar surface area (TPSA) is 59.6 Å². The van der Waals surface area contributed by atoms with Gasteiger partial charge in [-0.05, 0) is 27.7 Å². The Morgan fingerprint density at radius 2 is 2.25 bits per heavy atom. The summed E-state index contributed by atoms with van der Waals surface area (Å²) in [5, 5.41) is 5.98. The molecule has 2 N–H and O–H groups in total. The number of hydrogen-bond donors (Lipinski definition) is 2. The minimum absolute atomic E-state index is 0.0312. The van der Waals surface area contributed by atoms with E-state index in [2.05, 4.69) is 17.6 Å². The van der Waals surface area contributed by atoms with E-state index in [-0.39, 0.29) is 6.10 Å². The predicted molar refractivity (Wildman–Crippen MR) is 61.4 cm³/mol. The van der Waals surface area contributed by atoms with Gasteiger partial charge >= 0.3 is 6.09 Å². The van der Waals surface area contributed by atoms with E-state index >= 15 is 0 Å². The Kier molecular flexibility index (Phi) is 4.56. The molecule has 0 aromatic carbocycles. The molecule has 1 aliphatic rings. The Labute approximate surface area is 96.9 Å². The van der Waals surface area contributed by atoms with Gasteiger partial charge in [0.2, 0.25) is 0 Å². The van der Waals surface area contributed by atoms with Crippen LogP contribution in [0.15, 0.2) is 0 Å². The molecule has 1 saturated heterocycles. The fourth-order valence-corrected chi connectivity index (χ4v) is 1.37. The fourth-order valence-electron chi connectivity index (χ4n) is 1.37. The second-order valence-corrected chi connectivity index (χ2v) is 5.15. The van der Waals surface area contributed by atoms with Crippen molar-refractivity contribution < 1.29 is 14.3 Å². The van der Waals surface area contributed by atoms with Gasteiger partial charge in [-0.3, -0.25) is 0 Å². The lowest BCUT2D eigenvalue weighted by atomic mass is 10.2. The average Bonchev–Trinajstić information content (AvgIpc) is 2.14. The highest BCUT2D eigenvalue weighted by atomic mass is 16.6. The second-order valence-electron chi connectivity index (χ2n) is 5.15. The number of hydrogen-bond acceptors (Lipinski definition) is 4. The summed E-state index contributed by atoms with van der Waals surface area (Å²) in [7, 11) is 0. The summed E-state index contributed by atoms with van der Waals surface area (Å²) >= 11 is 0. The highest BCUT2D eigenvalue weighted by Crippen LogP contribution is 2.06. The third-order valence-electron chi connectivity index (χ3n) is 2.15. The van der Waals surface area contributed by atoms with E-state index in [1.54, 1.807) is 0 Å². The fraction of sp³-hybridized carbons (Fsp3) is 0.909. The van der Waals surface area contributed by atoms with Crippen LogP contribution in [0.25, 0.3) is 0 Å². The minimum Gasteiger partial charge on any atom is -0.444 e. The van der Waals surface area contributed by atoms with E-state index in [9.17, 15) is 4.79 Å². The summed E-state index contributed by atoms with van der Waals surface area (Å²) in [6.07, 6.45) is -0.363. The van der Waals surface area contributed by atoms with Gasteiger partial charge in [-0.25, -0.2) is 4.79 Å². The van der Waals surface area contributed by atoms with E-state index < -0.39 is 11.7 Å². The van der Waals surface area contributed by atoms with Crippen molar-refractivity contribution in [1.29, 1.82) is 0 Å². The maximum absolute atomic E-state index is 11.4. The molecule has 1 amide bonds. The molecule has 1 aliphatic heterocycles. The first-order valence-corrected chi connectivity index (χ1v) is 5.68. The van der Waals surface area contributed by atoms with Crippen molar-refractivity contribution in [1.82, 2.24) is 10.6 Å². The monoisotopic (exact) mass is 230 g/mol. The van der Waals surface area contributed by atoms with E-state index in [4.69, 9.17) is 9.47 Å². The molecule has 0 spiro atoms. The standard InChI is InChI=1S/C11H22N2O3/c1-8-7-15-9(5-12-8)6-13-10(14)16-11(2,3)4/h8-9,12H,5-7H2,1-4H3,(H,13,14)/t8-,9-/m0/s1. The summed E-state index contributed by atoms with van der Waals surface area (Å²) in [6.45, 7) is 9.51. The molecule has 0 aromatic heterocycles. The van der Waals surface area contributed by atoms with E-state index in [1.165, 1.54) is 0 Å². The largest absolute Gasteiger partial charge is 0.444 e. The van der Waals surface area contributed by atoms with Gasteiger partial charge in [0.25, 0.3) is 0 Å². The van der Waals surface area contributed by atoms with Crippen LogP contribution in [0.1, 0.15) is 27.7 Å². The van der Waals surface area contributed by atoms with Crippen LogP contribution in [0.5, 0.6) is 0 Å². The van der Waals surface area contributed by atoms with Gasteiger partial charge in [-0.2, -0.15) is 0 Å². The molecule has 0 bridgehead atoms. The molecule has 2 atom stereocenters. The molecule has 1 heterocycles. The summed E-state index contributed by atoms with van der Waals surface area (Å²) in [4.78, 5) is 11.4. The van der Waals surface area contributed by atoms with Crippen LogP contribution in [-0.2, 0) is 9.47 Å². The zero-order valence-corrected chi connectivity index (χ0v) is 10.5. The molecule has 1 rings (SSSR count). The van der Waals surface area contributed by atoms with Gasteiger partial charge < -0.3 is 20.1 Å². The van der Waals surface area contributed by atoms with Gasteiger partial charge in [0.05, 0.1) is 12.7 Å². The molecule has 1 fully saturated rings. The molecule has 5 heteroatoms. The molecular formula is C11H22N2O3. The number of amides is 1. The van der Waals surface area contributed by atoms with Crippen LogP contribution in [0.3, 0.4) is 0 Å². The molecule has 16 heavy (non-hydrogen) atoms. The quantitative estimate of drug-likeness (QED) is 0.739. The molecule has 0 radical (unpaired) electrons. The minimum atomic E-state index is -0.454. The van der Waals surface area contributed by atoms with Crippen molar-refractivity contribution in [2.45, 2.75) is 45.4 Å². The number of carbonyl (C=O) groups excluding carboxylic acids is 1. The Morgan fingerprint density at radius 1 is 1.56 bits per heavy atom. The van der Waals surface area contributed by atoms with Crippen LogP contribution in [0, 0.1) is 0 Å². The van der Waals surface area contributed by atoms with Gasteiger partial charge in [0.15, 0.2) is 0 Å². The first-order valence-electron chi connectivity index (χ1n) is 5.68. The van der Waals surface area contributed by atoms with Crippen LogP contribution in [0.2, 0.25) is 0 Å².